The minimum Gasteiger partial charge on any atom is -0.382 e. The molecule has 2 bridgehead atoms. The zero-order valence-electron chi connectivity index (χ0n) is 14.3. The van der Waals surface area contributed by atoms with Crippen molar-refractivity contribution < 1.29 is 9.84 Å². The van der Waals surface area contributed by atoms with E-state index in [1.54, 1.807) is 0 Å². The van der Waals surface area contributed by atoms with Crippen LogP contribution in [0.15, 0.2) is 24.3 Å². The van der Waals surface area contributed by atoms with Crippen molar-refractivity contribution in [2.24, 2.45) is 11.8 Å². The topological polar surface area (TPSA) is 32.7 Å². The van der Waals surface area contributed by atoms with Crippen LogP contribution in [0.4, 0.5) is 0 Å². The molecular weight excluding hydrogens is 322 g/mol. The maximum Gasteiger partial charge on any atom is 0.117 e. The lowest BCUT2D eigenvalue weighted by Crippen LogP contribution is -2.53. The summed E-state index contributed by atoms with van der Waals surface area (Å²) in [5.41, 5.74) is -0.110. The van der Waals surface area contributed by atoms with Gasteiger partial charge < -0.3 is 14.7 Å². The van der Waals surface area contributed by atoms with Crippen molar-refractivity contribution in [1.82, 2.24) is 4.90 Å². The number of nitrogens with zero attached hydrogens (tertiary/aromatic N) is 1. The molecule has 132 valence electrons. The van der Waals surface area contributed by atoms with E-state index in [-0.39, 0.29) is 12.0 Å². The van der Waals surface area contributed by atoms with E-state index in [4.69, 9.17) is 16.3 Å². The Hall–Kier alpha value is -0.610. The first kappa shape index (κ1) is 16.8. The van der Waals surface area contributed by atoms with E-state index in [1.807, 2.05) is 24.3 Å². The number of hydrogen-bond acceptors (Lipinski definition) is 3. The number of halogens is 1. The normalized spacial score (nSPS) is 32.8. The molecule has 5 rings (SSSR count). The number of hydrogen-bond donors (Lipinski definition) is 1. The quantitative estimate of drug-likeness (QED) is 0.877. The molecular formula is C20H28ClNO2. The van der Waals surface area contributed by atoms with Crippen LogP contribution in [0, 0.1) is 11.8 Å². The van der Waals surface area contributed by atoms with Crippen molar-refractivity contribution in [2.45, 2.75) is 50.2 Å². The van der Waals surface area contributed by atoms with Gasteiger partial charge in [0.15, 0.2) is 0 Å². The molecule has 3 nitrogen and oxygen atoms in total. The predicted molar refractivity (Wildman–Crippen MR) is 96.2 cm³/mol. The van der Waals surface area contributed by atoms with Gasteiger partial charge in [0, 0.05) is 17.1 Å². The average molecular weight is 350 g/mol. The Kier molecular flexibility index (Phi) is 4.88. The summed E-state index contributed by atoms with van der Waals surface area (Å²) in [6.07, 6.45) is 7.24. The third kappa shape index (κ3) is 3.12. The fourth-order valence-electron chi connectivity index (χ4n) is 4.96. The standard InChI is InChI=1S/C20H28ClNO2/c21-18-8-4-3-7-17(18)20(23,16-5-1-2-6-16)14-24-19-13-22-11-9-15(19)10-12-22/h3-4,7-8,15-16,19,23H,1-2,5-6,9-14H2. The van der Waals surface area contributed by atoms with E-state index in [0.29, 0.717) is 17.5 Å². The summed E-state index contributed by atoms with van der Waals surface area (Å²) in [6, 6.07) is 7.75. The van der Waals surface area contributed by atoms with E-state index in [2.05, 4.69) is 4.90 Å². The largest absolute Gasteiger partial charge is 0.382 e. The highest BCUT2D eigenvalue weighted by Gasteiger charge is 2.43. The van der Waals surface area contributed by atoms with Gasteiger partial charge in [0.1, 0.15) is 5.60 Å². The molecule has 3 saturated heterocycles. The molecule has 1 aromatic rings. The van der Waals surface area contributed by atoms with Crippen molar-refractivity contribution in [3.8, 4) is 0 Å². The molecule has 24 heavy (non-hydrogen) atoms. The van der Waals surface area contributed by atoms with Crippen LogP contribution in [0.2, 0.25) is 5.02 Å². The van der Waals surface area contributed by atoms with Crippen LogP contribution in [0.3, 0.4) is 0 Å². The lowest BCUT2D eigenvalue weighted by atomic mass is 9.80. The Morgan fingerprint density at radius 2 is 1.83 bits per heavy atom. The van der Waals surface area contributed by atoms with E-state index >= 15 is 0 Å². The van der Waals surface area contributed by atoms with Crippen LogP contribution in [-0.4, -0.2) is 42.4 Å². The monoisotopic (exact) mass is 349 g/mol. The Bertz CT molecular complexity index is 567. The van der Waals surface area contributed by atoms with Crippen molar-refractivity contribution >= 4 is 11.6 Å². The van der Waals surface area contributed by atoms with Crippen molar-refractivity contribution in [3.05, 3.63) is 34.9 Å². The molecule has 1 aliphatic carbocycles. The first-order valence-electron chi connectivity index (χ1n) is 9.48. The summed E-state index contributed by atoms with van der Waals surface area (Å²) >= 11 is 6.45. The van der Waals surface area contributed by atoms with Crippen LogP contribution < -0.4 is 0 Å². The lowest BCUT2D eigenvalue weighted by Gasteiger charge is -2.46. The van der Waals surface area contributed by atoms with Crippen LogP contribution in [-0.2, 0) is 10.3 Å². The van der Waals surface area contributed by atoms with Gasteiger partial charge in [-0.2, -0.15) is 0 Å². The highest BCUT2D eigenvalue weighted by molar-refractivity contribution is 6.31. The van der Waals surface area contributed by atoms with E-state index in [0.717, 1.165) is 24.9 Å². The minimum absolute atomic E-state index is 0.249. The summed E-state index contributed by atoms with van der Waals surface area (Å²) < 4.78 is 6.35. The van der Waals surface area contributed by atoms with Gasteiger partial charge in [-0.1, -0.05) is 42.6 Å². The number of benzene rings is 1. The third-order valence-corrected chi connectivity index (χ3v) is 6.81. The molecule has 2 unspecified atom stereocenters. The second-order valence-electron chi connectivity index (χ2n) is 7.87. The minimum atomic E-state index is -0.957. The highest BCUT2D eigenvalue weighted by Crippen LogP contribution is 2.43. The van der Waals surface area contributed by atoms with E-state index < -0.39 is 5.60 Å². The fraction of sp³-hybridized carbons (Fsp3) is 0.700. The van der Waals surface area contributed by atoms with Crippen LogP contribution in [0.25, 0.3) is 0 Å². The highest BCUT2D eigenvalue weighted by atomic mass is 35.5. The predicted octanol–water partition coefficient (Wildman–Crippen LogP) is 3.83. The second kappa shape index (κ2) is 6.95. The maximum atomic E-state index is 11.6. The fourth-order valence-corrected chi connectivity index (χ4v) is 5.26. The molecule has 4 aliphatic rings. The number of fused-ring (bicyclic) bond motifs is 3. The van der Waals surface area contributed by atoms with Crippen LogP contribution in [0.1, 0.15) is 44.1 Å². The van der Waals surface area contributed by atoms with Gasteiger partial charge in [0.25, 0.3) is 0 Å². The SMILES string of the molecule is OC(COC1CN2CCC1CC2)(c1ccccc1Cl)C1CCCC1. The summed E-state index contributed by atoms with van der Waals surface area (Å²) in [6.45, 7) is 3.81. The van der Waals surface area contributed by atoms with Gasteiger partial charge in [-0.3, -0.25) is 0 Å². The molecule has 1 N–H and O–H groups in total. The molecule has 1 saturated carbocycles. The number of aliphatic hydroxyl groups is 1. The van der Waals surface area contributed by atoms with Crippen molar-refractivity contribution in [3.63, 3.8) is 0 Å². The Labute approximate surface area is 149 Å². The molecule has 2 atom stereocenters. The first-order chi connectivity index (χ1) is 11.7. The van der Waals surface area contributed by atoms with Gasteiger partial charge in [0.2, 0.25) is 0 Å². The molecule has 3 heterocycles. The molecule has 3 aliphatic heterocycles. The third-order valence-electron chi connectivity index (χ3n) is 6.48. The van der Waals surface area contributed by atoms with Crippen molar-refractivity contribution in [2.75, 3.05) is 26.2 Å². The second-order valence-corrected chi connectivity index (χ2v) is 8.28. The Morgan fingerprint density at radius 1 is 1.12 bits per heavy atom. The molecule has 4 fully saturated rings. The Balaban J connectivity index is 1.53. The smallest absolute Gasteiger partial charge is 0.117 e. The summed E-state index contributed by atoms with van der Waals surface area (Å²) in [4.78, 5) is 2.49. The molecule has 0 aromatic heterocycles. The van der Waals surface area contributed by atoms with E-state index in [9.17, 15) is 5.11 Å². The zero-order chi connectivity index (χ0) is 16.6. The summed E-state index contributed by atoms with van der Waals surface area (Å²) in [5.74, 6) is 0.910. The Morgan fingerprint density at radius 3 is 2.46 bits per heavy atom. The van der Waals surface area contributed by atoms with E-state index in [1.165, 1.54) is 38.8 Å². The number of ether oxygens (including phenoxy) is 1. The zero-order valence-corrected chi connectivity index (χ0v) is 15.0. The van der Waals surface area contributed by atoms with Gasteiger partial charge in [-0.15, -0.1) is 0 Å². The maximum absolute atomic E-state index is 11.6. The van der Waals surface area contributed by atoms with Gasteiger partial charge in [0.05, 0.1) is 12.7 Å². The van der Waals surface area contributed by atoms with Gasteiger partial charge in [-0.05, 0) is 56.7 Å². The lowest BCUT2D eigenvalue weighted by molar-refractivity contribution is -0.143. The molecule has 0 spiro atoms. The summed E-state index contributed by atoms with van der Waals surface area (Å²) in [7, 11) is 0. The van der Waals surface area contributed by atoms with Gasteiger partial charge in [-0.25, -0.2) is 0 Å². The molecule has 1 aromatic carbocycles. The number of rotatable bonds is 5. The molecule has 4 heteroatoms. The molecule has 0 amide bonds. The van der Waals surface area contributed by atoms with Crippen LogP contribution >= 0.6 is 11.6 Å². The summed E-state index contributed by atoms with van der Waals surface area (Å²) in [5, 5.41) is 12.3. The van der Waals surface area contributed by atoms with Gasteiger partial charge >= 0.3 is 0 Å². The first-order valence-corrected chi connectivity index (χ1v) is 9.86. The van der Waals surface area contributed by atoms with Crippen LogP contribution in [0.5, 0.6) is 0 Å². The molecule has 0 radical (unpaired) electrons. The van der Waals surface area contributed by atoms with Crippen molar-refractivity contribution in [1.29, 1.82) is 0 Å². The average Bonchev–Trinajstić information content (AvgIpc) is 3.16. The number of piperidine rings is 3.